The van der Waals surface area contributed by atoms with Crippen LogP contribution in [0.2, 0.25) is 0 Å². The van der Waals surface area contributed by atoms with Crippen molar-refractivity contribution in [2.45, 2.75) is 26.8 Å². The van der Waals surface area contributed by atoms with Crippen molar-refractivity contribution in [2.75, 3.05) is 13.1 Å². The van der Waals surface area contributed by atoms with Crippen LogP contribution in [0.5, 0.6) is 0 Å². The van der Waals surface area contributed by atoms with Crippen LogP contribution in [0.1, 0.15) is 34.1 Å². The van der Waals surface area contributed by atoms with Crippen molar-refractivity contribution in [1.82, 2.24) is 4.98 Å². The molecule has 1 atom stereocenters. The highest BCUT2D eigenvalue weighted by Gasteiger charge is 2.24. The van der Waals surface area contributed by atoms with Crippen LogP contribution in [0.15, 0.2) is 18.2 Å². The zero-order valence-electron chi connectivity index (χ0n) is 11.8. The third kappa shape index (κ3) is 2.06. The number of carbonyl (C=O) groups is 1. The Balaban J connectivity index is 2.30. The highest BCUT2D eigenvalue weighted by Crippen LogP contribution is 2.25. The van der Waals surface area contributed by atoms with Crippen LogP contribution < -0.4 is 10.0 Å². The molecular formula is C16H18N2O2. The number of aromatic nitrogens is 1. The molecule has 0 saturated heterocycles. The fourth-order valence-corrected chi connectivity index (χ4v) is 3.03. The summed E-state index contributed by atoms with van der Waals surface area (Å²) in [5, 5.41) is 12.4. The molecule has 1 aromatic carbocycles. The van der Waals surface area contributed by atoms with Gasteiger partial charge < -0.3 is 14.8 Å². The number of likely N-dealkylation sites (N-methyl/N-ethyl adjacent to an activating group) is 1. The van der Waals surface area contributed by atoms with Gasteiger partial charge in [-0.25, -0.2) is 0 Å². The number of quaternary nitrogens is 1. The summed E-state index contributed by atoms with van der Waals surface area (Å²) >= 11 is 0. The normalized spacial score (nSPS) is 18.0. The largest absolute Gasteiger partial charge is 0.545 e. The van der Waals surface area contributed by atoms with E-state index < -0.39 is 5.97 Å². The lowest BCUT2D eigenvalue weighted by atomic mass is 9.95. The smallest absolute Gasteiger partial charge is 0.105 e. The minimum atomic E-state index is -1.09. The fourth-order valence-electron chi connectivity index (χ4n) is 3.03. The van der Waals surface area contributed by atoms with E-state index in [0.29, 0.717) is 10.9 Å². The zero-order chi connectivity index (χ0) is 14.3. The Labute approximate surface area is 118 Å². The second-order valence-electron chi connectivity index (χ2n) is 5.50. The Morgan fingerprint density at radius 2 is 2.25 bits per heavy atom. The van der Waals surface area contributed by atoms with Gasteiger partial charge in [0.05, 0.1) is 30.3 Å². The Morgan fingerprint density at radius 1 is 1.45 bits per heavy atom. The van der Waals surface area contributed by atoms with Crippen molar-refractivity contribution in [3.05, 3.63) is 40.6 Å². The number of fused-ring (bicyclic) bond motifs is 2. The van der Waals surface area contributed by atoms with Crippen LogP contribution in [0.3, 0.4) is 0 Å². The van der Waals surface area contributed by atoms with E-state index in [9.17, 15) is 9.90 Å². The molecule has 1 aromatic heterocycles. The molecule has 20 heavy (non-hydrogen) atoms. The number of carboxylic acid groups (broad SMARTS) is 1. The molecule has 0 fully saturated rings. The second-order valence-corrected chi connectivity index (χ2v) is 5.50. The number of carboxylic acids is 1. The maximum Gasteiger partial charge on any atom is 0.105 e. The van der Waals surface area contributed by atoms with Gasteiger partial charge in [0, 0.05) is 22.9 Å². The topological polar surface area (TPSA) is 57.5 Å². The maximum atomic E-state index is 11.6. The molecule has 104 valence electrons. The lowest BCUT2D eigenvalue weighted by Crippen LogP contribution is -3.11. The van der Waals surface area contributed by atoms with Crippen LogP contribution >= 0.6 is 0 Å². The van der Waals surface area contributed by atoms with E-state index in [1.54, 1.807) is 0 Å². The Hall–Kier alpha value is -1.94. The molecule has 0 aliphatic carbocycles. The van der Waals surface area contributed by atoms with Gasteiger partial charge in [-0.15, -0.1) is 0 Å². The van der Waals surface area contributed by atoms with Gasteiger partial charge in [0.25, 0.3) is 0 Å². The molecule has 1 N–H and O–H groups in total. The molecule has 3 rings (SSSR count). The first-order valence-electron chi connectivity index (χ1n) is 7.07. The van der Waals surface area contributed by atoms with Gasteiger partial charge in [-0.1, -0.05) is 11.6 Å². The second kappa shape index (κ2) is 4.87. The third-order valence-corrected chi connectivity index (χ3v) is 4.17. The number of nitrogens with one attached hydrogen (secondary N) is 1. The van der Waals surface area contributed by atoms with E-state index in [-0.39, 0.29) is 0 Å². The first-order chi connectivity index (χ1) is 9.60. The number of hydrogen-bond donors (Lipinski definition) is 1. The maximum absolute atomic E-state index is 11.6. The molecule has 1 aliphatic heterocycles. The highest BCUT2D eigenvalue weighted by atomic mass is 16.4. The van der Waals surface area contributed by atoms with Gasteiger partial charge >= 0.3 is 0 Å². The van der Waals surface area contributed by atoms with E-state index in [2.05, 4.69) is 11.9 Å². The minimum Gasteiger partial charge on any atom is -0.545 e. The van der Waals surface area contributed by atoms with Crippen molar-refractivity contribution in [1.29, 1.82) is 0 Å². The van der Waals surface area contributed by atoms with Gasteiger partial charge in [0.15, 0.2) is 0 Å². The van der Waals surface area contributed by atoms with Crippen molar-refractivity contribution in [3.8, 4) is 0 Å². The summed E-state index contributed by atoms with van der Waals surface area (Å²) in [6.45, 7) is 6.82. The Kier molecular flexibility index (Phi) is 3.18. The third-order valence-electron chi connectivity index (χ3n) is 4.17. The van der Waals surface area contributed by atoms with Gasteiger partial charge in [-0.2, -0.15) is 0 Å². The number of benzene rings is 1. The fraction of sp³-hybridized carbons (Fsp3) is 0.375. The summed E-state index contributed by atoms with van der Waals surface area (Å²) < 4.78 is 0. The average molecular weight is 270 g/mol. The number of hydrogen-bond acceptors (Lipinski definition) is 3. The standard InChI is InChI=1S/C16H18N2O2/c1-3-18-7-6-14-12(9-18)15(16(19)20)11-8-10(2)4-5-13(11)17-14/h4-5,8H,3,6-7,9H2,1-2H3,(H,19,20). The number of nitrogens with zero attached hydrogens (tertiary/aromatic N) is 1. The van der Waals surface area contributed by atoms with Crippen molar-refractivity contribution >= 4 is 16.9 Å². The quantitative estimate of drug-likeness (QED) is 0.827. The summed E-state index contributed by atoms with van der Waals surface area (Å²) in [6.07, 6.45) is 0.836. The monoisotopic (exact) mass is 270 g/mol. The molecular weight excluding hydrogens is 252 g/mol. The summed E-state index contributed by atoms with van der Waals surface area (Å²) in [4.78, 5) is 17.7. The van der Waals surface area contributed by atoms with Crippen LogP contribution in [0.25, 0.3) is 10.9 Å². The van der Waals surface area contributed by atoms with Gasteiger partial charge in [-0.05, 0) is 26.0 Å². The predicted molar refractivity (Wildman–Crippen MR) is 74.6 cm³/mol. The molecule has 0 amide bonds. The van der Waals surface area contributed by atoms with Crippen molar-refractivity contribution < 1.29 is 14.8 Å². The number of aryl methyl sites for hydroxylation is 1. The average Bonchev–Trinajstić information content (AvgIpc) is 2.43. The molecule has 4 nitrogen and oxygen atoms in total. The number of aromatic carboxylic acids is 1. The summed E-state index contributed by atoms with van der Waals surface area (Å²) in [5.74, 6) is -1.09. The first-order valence-corrected chi connectivity index (χ1v) is 7.07. The Bertz CT molecular complexity index is 694. The lowest BCUT2D eigenvalue weighted by molar-refractivity contribution is -0.914. The summed E-state index contributed by atoms with van der Waals surface area (Å²) in [6, 6.07) is 5.76. The van der Waals surface area contributed by atoms with E-state index in [1.807, 2.05) is 25.1 Å². The van der Waals surface area contributed by atoms with E-state index >= 15 is 0 Å². The molecule has 0 spiro atoms. The van der Waals surface area contributed by atoms with Crippen LogP contribution in [0, 0.1) is 6.92 Å². The molecule has 1 unspecified atom stereocenters. The van der Waals surface area contributed by atoms with E-state index in [0.717, 1.165) is 48.4 Å². The summed E-state index contributed by atoms with van der Waals surface area (Å²) in [5.41, 5.74) is 3.94. The molecule has 2 heterocycles. The van der Waals surface area contributed by atoms with Gasteiger partial charge in [0.2, 0.25) is 0 Å². The predicted octanol–water partition coefficient (Wildman–Crippen LogP) is -0.132. The minimum absolute atomic E-state index is 0.347. The van der Waals surface area contributed by atoms with Crippen LogP contribution in [0.4, 0.5) is 0 Å². The zero-order valence-corrected chi connectivity index (χ0v) is 11.8. The first kappa shape index (κ1) is 13.1. The molecule has 0 saturated carbocycles. The van der Waals surface area contributed by atoms with Crippen molar-refractivity contribution in [3.63, 3.8) is 0 Å². The molecule has 2 aromatic rings. The SMILES string of the molecule is CC[NH+]1CCc2nc3ccc(C)cc3c(C(=O)[O-])c2C1. The lowest BCUT2D eigenvalue weighted by Gasteiger charge is -2.27. The Morgan fingerprint density at radius 3 is 2.95 bits per heavy atom. The van der Waals surface area contributed by atoms with Gasteiger partial charge in [-0.3, -0.25) is 4.98 Å². The molecule has 1 aliphatic rings. The highest BCUT2D eigenvalue weighted by molar-refractivity contribution is 6.03. The molecule has 4 heteroatoms. The number of pyridine rings is 1. The summed E-state index contributed by atoms with van der Waals surface area (Å²) in [7, 11) is 0. The van der Waals surface area contributed by atoms with Crippen LogP contribution in [-0.2, 0) is 13.0 Å². The molecule has 0 bridgehead atoms. The van der Waals surface area contributed by atoms with E-state index in [1.165, 1.54) is 4.90 Å². The number of carbonyl (C=O) groups excluding carboxylic acids is 1. The van der Waals surface area contributed by atoms with Crippen molar-refractivity contribution in [2.24, 2.45) is 0 Å². The van der Waals surface area contributed by atoms with Crippen LogP contribution in [-0.4, -0.2) is 24.0 Å². The number of rotatable bonds is 2. The molecule has 0 radical (unpaired) electrons. The van der Waals surface area contributed by atoms with Gasteiger partial charge in [0.1, 0.15) is 6.54 Å². The van der Waals surface area contributed by atoms with E-state index in [4.69, 9.17) is 0 Å².